The van der Waals surface area contributed by atoms with E-state index in [0.29, 0.717) is 20.9 Å². The number of aryl methyl sites for hydroxylation is 1. The van der Waals surface area contributed by atoms with Gasteiger partial charge >= 0.3 is 0 Å². The van der Waals surface area contributed by atoms with Crippen LogP contribution in [0.3, 0.4) is 0 Å². The van der Waals surface area contributed by atoms with E-state index in [9.17, 15) is 4.79 Å². The molecular weight excluding hydrogens is 441 g/mol. The van der Waals surface area contributed by atoms with Crippen LogP contribution in [0.4, 0.5) is 5.13 Å². The summed E-state index contributed by atoms with van der Waals surface area (Å²) in [5.74, 6) is 0.149. The highest BCUT2D eigenvalue weighted by Gasteiger charge is 2.22. The lowest BCUT2D eigenvalue weighted by Crippen LogP contribution is -2.34. The van der Waals surface area contributed by atoms with Crippen molar-refractivity contribution in [3.05, 3.63) is 82.1 Å². The third kappa shape index (κ3) is 4.56. The van der Waals surface area contributed by atoms with Gasteiger partial charge in [-0.2, -0.15) is 0 Å². The third-order valence-corrected chi connectivity index (χ3v) is 6.01. The smallest absolute Gasteiger partial charge is 0.267 e. The molecule has 0 spiro atoms. The Balaban J connectivity index is 1.62. The van der Waals surface area contributed by atoms with Gasteiger partial charge in [0.15, 0.2) is 11.7 Å². The second-order valence-corrected chi connectivity index (χ2v) is 8.44. The monoisotopic (exact) mass is 457 g/mol. The number of ether oxygens (including phenoxy) is 1. The number of aromatic nitrogens is 2. The summed E-state index contributed by atoms with van der Waals surface area (Å²) >= 11 is 13.5. The fourth-order valence-electron chi connectivity index (χ4n) is 2.92. The molecule has 0 atom stereocenters. The zero-order valence-electron chi connectivity index (χ0n) is 16.0. The van der Waals surface area contributed by atoms with E-state index in [-0.39, 0.29) is 19.1 Å². The van der Waals surface area contributed by atoms with Crippen molar-refractivity contribution >= 4 is 55.8 Å². The van der Waals surface area contributed by atoms with Crippen LogP contribution in [0.25, 0.3) is 10.2 Å². The van der Waals surface area contributed by atoms with E-state index in [1.807, 2.05) is 43.3 Å². The van der Waals surface area contributed by atoms with Crippen LogP contribution in [-0.2, 0) is 11.3 Å². The van der Waals surface area contributed by atoms with Crippen molar-refractivity contribution in [2.75, 3.05) is 11.5 Å². The average molecular weight is 458 g/mol. The van der Waals surface area contributed by atoms with Gasteiger partial charge in [-0.3, -0.25) is 14.7 Å². The molecule has 2 heterocycles. The Morgan fingerprint density at radius 2 is 2.00 bits per heavy atom. The number of amides is 1. The van der Waals surface area contributed by atoms with Gasteiger partial charge in [0.05, 0.1) is 27.5 Å². The average Bonchev–Trinajstić information content (AvgIpc) is 3.17. The minimum Gasteiger partial charge on any atom is -0.482 e. The maximum atomic E-state index is 13.1. The van der Waals surface area contributed by atoms with E-state index >= 15 is 0 Å². The number of pyridine rings is 1. The normalized spacial score (nSPS) is 10.9. The van der Waals surface area contributed by atoms with Gasteiger partial charge in [0.1, 0.15) is 5.75 Å². The number of hydrogen-bond acceptors (Lipinski definition) is 5. The van der Waals surface area contributed by atoms with Gasteiger partial charge in [-0.15, -0.1) is 0 Å². The molecular formula is C22H17Cl2N3O2S. The lowest BCUT2D eigenvalue weighted by Gasteiger charge is -2.20. The molecule has 4 aromatic rings. The summed E-state index contributed by atoms with van der Waals surface area (Å²) in [7, 11) is 0. The molecule has 1 amide bonds. The van der Waals surface area contributed by atoms with Crippen molar-refractivity contribution in [1.82, 2.24) is 9.97 Å². The molecule has 0 saturated carbocycles. The highest BCUT2D eigenvalue weighted by Crippen LogP contribution is 2.32. The molecule has 5 nitrogen and oxygen atoms in total. The topological polar surface area (TPSA) is 55.3 Å². The summed E-state index contributed by atoms with van der Waals surface area (Å²) in [5, 5.41) is 1.45. The van der Waals surface area contributed by atoms with Crippen molar-refractivity contribution in [3.63, 3.8) is 0 Å². The number of carbonyl (C=O) groups is 1. The number of thiazole rings is 1. The summed E-state index contributed by atoms with van der Waals surface area (Å²) < 4.78 is 6.69. The van der Waals surface area contributed by atoms with Gasteiger partial charge in [0.25, 0.3) is 5.91 Å². The first-order chi connectivity index (χ1) is 14.5. The van der Waals surface area contributed by atoms with Crippen LogP contribution in [0.15, 0.2) is 60.8 Å². The van der Waals surface area contributed by atoms with E-state index < -0.39 is 0 Å². The van der Waals surface area contributed by atoms with Crippen LogP contribution in [0.5, 0.6) is 5.75 Å². The highest BCUT2D eigenvalue weighted by molar-refractivity contribution is 7.22. The summed E-state index contributed by atoms with van der Waals surface area (Å²) in [4.78, 5) is 23.8. The van der Waals surface area contributed by atoms with Crippen LogP contribution in [0.2, 0.25) is 10.0 Å². The first-order valence-corrected chi connectivity index (χ1v) is 10.7. The molecule has 30 heavy (non-hydrogen) atoms. The summed E-state index contributed by atoms with van der Waals surface area (Å²) in [6.45, 7) is 2.10. The quantitative estimate of drug-likeness (QED) is 0.360. The number of nitrogens with zero attached hydrogens (tertiary/aromatic N) is 3. The Bertz CT molecular complexity index is 1200. The van der Waals surface area contributed by atoms with E-state index in [1.165, 1.54) is 11.3 Å². The lowest BCUT2D eigenvalue weighted by atomic mass is 10.2. The second kappa shape index (κ2) is 9.00. The zero-order chi connectivity index (χ0) is 21.1. The number of carbonyl (C=O) groups excluding carboxylic acids is 1. The van der Waals surface area contributed by atoms with E-state index in [2.05, 4.69) is 4.98 Å². The first-order valence-electron chi connectivity index (χ1n) is 9.15. The van der Waals surface area contributed by atoms with Crippen molar-refractivity contribution < 1.29 is 9.53 Å². The van der Waals surface area contributed by atoms with Crippen LogP contribution in [0, 0.1) is 6.92 Å². The molecule has 8 heteroatoms. The summed E-state index contributed by atoms with van der Waals surface area (Å²) in [5.41, 5.74) is 2.70. The molecule has 4 rings (SSSR count). The summed E-state index contributed by atoms with van der Waals surface area (Å²) in [6, 6.07) is 16.5. The fraction of sp³-hybridized carbons (Fsp3) is 0.136. The number of anilines is 1. The third-order valence-electron chi connectivity index (χ3n) is 4.43. The maximum Gasteiger partial charge on any atom is 0.267 e. The molecule has 2 aromatic carbocycles. The van der Waals surface area contributed by atoms with Crippen LogP contribution >= 0.6 is 34.5 Å². The van der Waals surface area contributed by atoms with Crippen LogP contribution < -0.4 is 9.64 Å². The van der Waals surface area contributed by atoms with Gasteiger partial charge in [-0.05, 0) is 48.9 Å². The molecule has 0 unspecified atom stereocenters. The maximum absolute atomic E-state index is 13.1. The standard InChI is InChI=1S/C22H17Cl2N3O2S/c1-14-5-4-7-19-21(14)26-22(30-19)27(12-16-6-2-3-10-25-16)20(28)13-29-18-9-8-15(23)11-17(18)24/h2-11H,12-13H2,1H3. The number of halogens is 2. The molecule has 0 saturated heterocycles. The van der Waals surface area contributed by atoms with E-state index in [1.54, 1.807) is 29.3 Å². The molecule has 0 N–H and O–H groups in total. The molecule has 0 aliphatic heterocycles. The molecule has 2 aromatic heterocycles. The van der Waals surface area contributed by atoms with Gasteiger partial charge in [-0.1, -0.05) is 52.7 Å². The Labute approximate surface area is 187 Å². The second-order valence-electron chi connectivity index (χ2n) is 6.58. The van der Waals surface area contributed by atoms with Gasteiger partial charge in [-0.25, -0.2) is 4.98 Å². The highest BCUT2D eigenvalue weighted by atomic mass is 35.5. The fourth-order valence-corrected chi connectivity index (χ4v) is 4.44. The largest absolute Gasteiger partial charge is 0.482 e. The number of rotatable bonds is 6. The molecule has 0 radical (unpaired) electrons. The van der Waals surface area contributed by atoms with E-state index in [4.69, 9.17) is 32.9 Å². The zero-order valence-corrected chi connectivity index (χ0v) is 18.3. The molecule has 152 valence electrons. The Morgan fingerprint density at radius 1 is 1.13 bits per heavy atom. The SMILES string of the molecule is Cc1cccc2sc(N(Cc3ccccn3)C(=O)COc3ccc(Cl)cc3Cl)nc12. The Kier molecular flexibility index (Phi) is 6.18. The first kappa shape index (κ1) is 20.6. The minimum absolute atomic E-state index is 0.191. The van der Waals surface area contributed by atoms with Gasteiger partial charge in [0, 0.05) is 11.2 Å². The number of fused-ring (bicyclic) bond motifs is 1. The van der Waals surface area contributed by atoms with Crippen molar-refractivity contribution in [1.29, 1.82) is 0 Å². The van der Waals surface area contributed by atoms with Crippen molar-refractivity contribution in [2.45, 2.75) is 13.5 Å². The molecule has 0 aliphatic carbocycles. The number of para-hydroxylation sites is 1. The molecule has 0 fully saturated rings. The Morgan fingerprint density at radius 3 is 2.73 bits per heavy atom. The Hall–Kier alpha value is -2.67. The number of benzene rings is 2. The number of hydrogen-bond donors (Lipinski definition) is 0. The van der Waals surface area contributed by atoms with Crippen LogP contribution in [0.1, 0.15) is 11.3 Å². The lowest BCUT2D eigenvalue weighted by molar-refractivity contribution is -0.120. The van der Waals surface area contributed by atoms with Gasteiger partial charge < -0.3 is 4.74 Å². The molecule has 0 bridgehead atoms. The summed E-state index contributed by atoms with van der Waals surface area (Å²) in [6.07, 6.45) is 1.70. The molecule has 0 aliphatic rings. The predicted molar refractivity (Wildman–Crippen MR) is 122 cm³/mol. The minimum atomic E-state index is -0.247. The predicted octanol–water partition coefficient (Wildman–Crippen LogP) is 5.92. The van der Waals surface area contributed by atoms with Crippen molar-refractivity contribution in [2.24, 2.45) is 0 Å². The van der Waals surface area contributed by atoms with Crippen molar-refractivity contribution in [3.8, 4) is 5.75 Å². The van der Waals surface area contributed by atoms with Crippen LogP contribution in [-0.4, -0.2) is 22.5 Å². The van der Waals surface area contributed by atoms with Gasteiger partial charge in [0.2, 0.25) is 0 Å². The van der Waals surface area contributed by atoms with E-state index in [0.717, 1.165) is 21.5 Å².